The molecule has 5 rings (SSSR count). The van der Waals surface area contributed by atoms with Crippen LogP contribution in [0.15, 0.2) is 30.3 Å². The molecule has 2 aromatic heterocycles. The minimum absolute atomic E-state index is 0. The van der Waals surface area contributed by atoms with E-state index < -0.39 is 0 Å². The first kappa shape index (κ1) is 22.0. The third-order valence-electron chi connectivity index (χ3n) is 6.56. The molecule has 0 aliphatic carbocycles. The lowest BCUT2D eigenvalue weighted by molar-refractivity contribution is 0.159. The van der Waals surface area contributed by atoms with Crippen molar-refractivity contribution >= 4 is 23.4 Å². The molecular formula is C23H31ClN6O. The van der Waals surface area contributed by atoms with Gasteiger partial charge in [0.2, 0.25) is 5.88 Å². The Hall–Kier alpha value is -2.22. The maximum atomic E-state index is 5.73. The minimum atomic E-state index is 0. The Morgan fingerprint density at radius 2 is 1.87 bits per heavy atom. The van der Waals surface area contributed by atoms with E-state index in [1.807, 2.05) is 22.9 Å². The number of fused-ring (bicyclic) bond motifs is 1. The van der Waals surface area contributed by atoms with Crippen LogP contribution in [0.1, 0.15) is 43.6 Å². The largest absolute Gasteiger partial charge is 0.480 e. The van der Waals surface area contributed by atoms with Gasteiger partial charge in [0.25, 0.3) is 0 Å². The number of rotatable bonds is 5. The van der Waals surface area contributed by atoms with Crippen LogP contribution in [0.5, 0.6) is 5.88 Å². The maximum absolute atomic E-state index is 5.73. The van der Waals surface area contributed by atoms with E-state index in [9.17, 15) is 0 Å². The van der Waals surface area contributed by atoms with Gasteiger partial charge in [-0.05, 0) is 57.5 Å². The predicted octanol–water partition coefficient (Wildman–Crippen LogP) is 3.35. The summed E-state index contributed by atoms with van der Waals surface area (Å²) in [7, 11) is 1.69. The number of hydrogen-bond acceptors (Lipinski definition) is 6. The highest BCUT2D eigenvalue weighted by Gasteiger charge is 2.30. The second kappa shape index (κ2) is 9.51. The van der Waals surface area contributed by atoms with Crippen molar-refractivity contribution in [2.75, 3.05) is 33.3 Å². The number of aryl methyl sites for hydroxylation is 1. The first-order chi connectivity index (χ1) is 14.8. The molecule has 2 aliphatic rings. The van der Waals surface area contributed by atoms with Gasteiger partial charge in [-0.25, -0.2) is 9.67 Å². The van der Waals surface area contributed by atoms with Gasteiger partial charge in [-0.15, -0.1) is 12.4 Å². The fourth-order valence-corrected chi connectivity index (χ4v) is 4.87. The topological polar surface area (TPSA) is 68.1 Å². The highest BCUT2D eigenvalue weighted by atomic mass is 35.5. The van der Waals surface area contributed by atoms with Crippen LogP contribution >= 0.6 is 12.4 Å². The van der Waals surface area contributed by atoms with Crippen molar-refractivity contribution < 1.29 is 4.74 Å². The van der Waals surface area contributed by atoms with Crippen molar-refractivity contribution in [1.82, 2.24) is 30.0 Å². The Morgan fingerprint density at radius 1 is 1.10 bits per heavy atom. The summed E-state index contributed by atoms with van der Waals surface area (Å²) >= 11 is 0. The third-order valence-corrected chi connectivity index (χ3v) is 6.56. The smallest absolute Gasteiger partial charge is 0.228 e. The predicted molar refractivity (Wildman–Crippen MR) is 125 cm³/mol. The molecule has 7 nitrogen and oxygen atoms in total. The lowest BCUT2D eigenvalue weighted by Crippen LogP contribution is -2.42. The molecule has 0 radical (unpaired) electrons. The number of halogens is 1. The summed E-state index contributed by atoms with van der Waals surface area (Å²) in [5.74, 6) is 1.90. The number of nitrogens with zero attached hydrogens (tertiary/aromatic N) is 5. The minimum Gasteiger partial charge on any atom is -0.480 e. The molecule has 166 valence electrons. The molecule has 0 saturated carbocycles. The highest BCUT2D eigenvalue weighted by Crippen LogP contribution is 2.33. The zero-order valence-electron chi connectivity index (χ0n) is 18.3. The number of ether oxygens (including phenoxy) is 1. The van der Waals surface area contributed by atoms with Gasteiger partial charge >= 0.3 is 0 Å². The second-order valence-corrected chi connectivity index (χ2v) is 8.29. The van der Waals surface area contributed by atoms with Crippen LogP contribution in [0, 0.1) is 0 Å². The molecule has 1 N–H and O–H groups in total. The van der Waals surface area contributed by atoms with E-state index in [0.717, 1.165) is 73.7 Å². The lowest BCUT2D eigenvalue weighted by Gasteiger charge is -2.35. The first-order valence-electron chi connectivity index (χ1n) is 11.1. The van der Waals surface area contributed by atoms with E-state index in [0.29, 0.717) is 17.8 Å². The van der Waals surface area contributed by atoms with Crippen LogP contribution in [-0.2, 0) is 6.42 Å². The molecule has 1 aromatic carbocycles. The SMILES string of the molecule is CCc1nn(-c2ccccc2)c2nc(C3CCN(C4CCNC4)CC3)nc(OC)c12.Cl. The standard InChI is InChI=1S/C23H30N6O.ClH/c1-3-19-20-22(29(27-19)17-7-5-4-6-8-17)25-21(26-23(20)30-2)16-10-13-28(14-11-16)18-9-12-24-15-18;/h4-8,16,18,24H,3,9-15H2,1-2H3;1H. The fourth-order valence-electron chi connectivity index (χ4n) is 4.87. The summed E-state index contributed by atoms with van der Waals surface area (Å²) in [4.78, 5) is 12.6. The number of methoxy groups -OCH3 is 1. The van der Waals surface area contributed by atoms with Gasteiger partial charge < -0.3 is 10.1 Å². The van der Waals surface area contributed by atoms with Crippen molar-refractivity contribution in [2.24, 2.45) is 0 Å². The Bertz CT molecular complexity index is 1010. The maximum Gasteiger partial charge on any atom is 0.228 e. The molecule has 4 heterocycles. The van der Waals surface area contributed by atoms with E-state index in [1.165, 1.54) is 6.42 Å². The van der Waals surface area contributed by atoms with Crippen LogP contribution in [0.4, 0.5) is 0 Å². The molecule has 31 heavy (non-hydrogen) atoms. The molecule has 2 fully saturated rings. The van der Waals surface area contributed by atoms with E-state index in [1.54, 1.807) is 7.11 Å². The first-order valence-corrected chi connectivity index (χ1v) is 11.1. The van der Waals surface area contributed by atoms with Crippen molar-refractivity contribution in [3.8, 4) is 11.6 Å². The van der Waals surface area contributed by atoms with Crippen molar-refractivity contribution in [1.29, 1.82) is 0 Å². The van der Waals surface area contributed by atoms with Crippen molar-refractivity contribution in [2.45, 2.75) is 44.6 Å². The number of likely N-dealkylation sites (tertiary alicyclic amines) is 1. The van der Waals surface area contributed by atoms with E-state index in [2.05, 4.69) is 29.3 Å². The average molecular weight is 443 g/mol. The molecule has 0 spiro atoms. The van der Waals surface area contributed by atoms with Gasteiger partial charge in [0.05, 0.1) is 18.5 Å². The van der Waals surface area contributed by atoms with Crippen molar-refractivity contribution in [3.63, 3.8) is 0 Å². The summed E-state index contributed by atoms with van der Waals surface area (Å²) in [6.07, 6.45) is 4.25. The number of aromatic nitrogens is 4. The molecule has 1 unspecified atom stereocenters. The summed E-state index contributed by atoms with van der Waals surface area (Å²) < 4.78 is 7.68. The Morgan fingerprint density at radius 3 is 2.52 bits per heavy atom. The van der Waals surface area contributed by atoms with Crippen LogP contribution in [-0.4, -0.2) is 64.0 Å². The second-order valence-electron chi connectivity index (χ2n) is 8.29. The van der Waals surface area contributed by atoms with Gasteiger partial charge in [0, 0.05) is 18.5 Å². The number of piperidine rings is 1. The molecule has 0 amide bonds. The van der Waals surface area contributed by atoms with Gasteiger partial charge in [-0.2, -0.15) is 10.1 Å². The Balaban J connectivity index is 0.00000231. The van der Waals surface area contributed by atoms with Gasteiger partial charge in [0.15, 0.2) is 5.65 Å². The molecule has 1 atom stereocenters. The van der Waals surface area contributed by atoms with Crippen LogP contribution in [0.2, 0.25) is 0 Å². The van der Waals surface area contributed by atoms with Crippen LogP contribution in [0.25, 0.3) is 16.7 Å². The molecule has 3 aromatic rings. The van der Waals surface area contributed by atoms with Gasteiger partial charge in [-0.1, -0.05) is 25.1 Å². The van der Waals surface area contributed by atoms with E-state index >= 15 is 0 Å². The molecule has 2 aliphatic heterocycles. The van der Waals surface area contributed by atoms with Crippen LogP contribution < -0.4 is 10.1 Å². The fraction of sp³-hybridized carbons (Fsp3) is 0.522. The summed E-state index contributed by atoms with van der Waals surface area (Å²) in [5, 5.41) is 9.27. The number of hydrogen-bond donors (Lipinski definition) is 1. The molecule has 8 heteroatoms. The van der Waals surface area contributed by atoms with E-state index in [-0.39, 0.29) is 12.4 Å². The lowest BCUT2D eigenvalue weighted by atomic mass is 9.94. The summed E-state index contributed by atoms with van der Waals surface area (Å²) in [6.45, 7) is 6.59. The van der Waals surface area contributed by atoms with Crippen LogP contribution in [0.3, 0.4) is 0 Å². The number of para-hydroxylation sites is 1. The Labute approximate surface area is 189 Å². The highest BCUT2D eigenvalue weighted by molar-refractivity contribution is 5.85. The number of nitrogens with one attached hydrogen (secondary N) is 1. The molecular weight excluding hydrogens is 412 g/mol. The third kappa shape index (κ3) is 4.14. The normalized spacial score (nSPS) is 20.1. The van der Waals surface area contributed by atoms with E-state index in [4.69, 9.17) is 19.8 Å². The van der Waals surface area contributed by atoms with Gasteiger partial charge in [0.1, 0.15) is 11.2 Å². The Kier molecular flexibility index (Phi) is 6.74. The zero-order valence-corrected chi connectivity index (χ0v) is 19.1. The number of benzene rings is 1. The monoisotopic (exact) mass is 442 g/mol. The summed E-state index contributed by atoms with van der Waals surface area (Å²) in [6, 6.07) is 10.9. The van der Waals surface area contributed by atoms with Gasteiger partial charge in [-0.3, -0.25) is 4.90 Å². The average Bonchev–Trinajstić information content (AvgIpc) is 3.47. The zero-order chi connectivity index (χ0) is 20.5. The quantitative estimate of drug-likeness (QED) is 0.653. The molecule has 0 bridgehead atoms. The molecule has 2 saturated heterocycles. The van der Waals surface area contributed by atoms with Crippen molar-refractivity contribution in [3.05, 3.63) is 41.9 Å². The summed E-state index contributed by atoms with van der Waals surface area (Å²) in [5.41, 5.74) is 2.83.